The van der Waals surface area contributed by atoms with Crippen LogP contribution in [0.1, 0.15) is 32.3 Å². The van der Waals surface area contributed by atoms with Crippen molar-refractivity contribution in [1.29, 1.82) is 0 Å². The van der Waals surface area contributed by atoms with Crippen LogP contribution in [-0.2, 0) is 11.0 Å². The van der Waals surface area contributed by atoms with Crippen molar-refractivity contribution in [2.75, 3.05) is 25.5 Å². The van der Waals surface area contributed by atoms with Gasteiger partial charge in [-0.1, -0.05) is 47.5 Å². The number of allylic oxidation sites excluding steroid dienone is 4. The van der Waals surface area contributed by atoms with Crippen molar-refractivity contribution in [3.8, 4) is 0 Å². The minimum atomic E-state index is -4.59. The Hall–Kier alpha value is -2.45. The fourth-order valence-electron chi connectivity index (χ4n) is 3.64. The highest BCUT2D eigenvalue weighted by molar-refractivity contribution is 6.32. The van der Waals surface area contributed by atoms with E-state index in [2.05, 4.69) is 11.9 Å². The average Bonchev–Trinajstić information content (AvgIpc) is 3.21. The van der Waals surface area contributed by atoms with Crippen LogP contribution in [0, 0.1) is 0 Å². The highest BCUT2D eigenvalue weighted by atomic mass is 35.5. The maximum Gasteiger partial charge on any atom is 0.417 e. The average molecular weight is 504 g/mol. The number of hydrogen-bond acceptors (Lipinski definition) is 2. The predicted molar refractivity (Wildman–Crippen MR) is 125 cm³/mol. The second-order valence-electron chi connectivity index (χ2n) is 7.89. The van der Waals surface area contributed by atoms with Crippen molar-refractivity contribution >= 4 is 40.8 Å². The summed E-state index contributed by atoms with van der Waals surface area (Å²) in [5.74, 6) is -0.225. The Balaban J connectivity index is 2.08. The van der Waals surface area contributed by atoms with Gasteiger partial charge in [0.1, 0.15) is 6.04 Å². The van der Waals surface area contributed by atoms with Crippen LogP contribution in [0.25, 0.3) is 0 Å². The monoisotopic (exact) mass is 503 g/mol. The van der Waals surface area contributed by atoms with Crippen molar-refractivity contribution in [3.63, 3.8) is 0 Å². The standard InChI is InChI=1S/C23H26Cl2F3N3O2/c1-5-18(24)15(3)11-14(2)13-30(4)21(32)20-7-6-10-31(20)22(33)29-16-8-9-17(19(25)12-16)23(26,27)28/h5,8-9,11-12,20H,1,6-7,10,13H2,2-4H3,(H,29,33)/b14-11+,18-15+/t20-/m1/s1. The molecule has 5 nitrogen and oxygen atoms in total. The normalized spacial score (nSPS) is 17.5. The lowest BCUT2D eigenvalue weighted by Crippen LogP contribution is -2.48. The molecule has 0 saturated carbocycles. The number of amides is 3. The molecule has 1 heterocycles. The first-order valence-corrected chi connectivity index (χ1v) is 11.0. The zero-order chi connectivity index (χ0) is 24.9. The number of carbonyl (C=O) groups is 2. The molecule has 1 aromatic carbocycles. The third-order valence-corrected chi connectivity index (χ3v) is 5.97. The summed E-state index contributed by atoms with van der Waals surface area (Å²) in [7, 11) is 1.65. The minimum absolute atomic E-state index is 0.115. The molecule has 0 radical (unpaired) electrons. The number of likely N-dealkylation sites (tertiary alicyclic amines) is 1. The first-order chi connectivity index (χ1) is 15.3. The van der Waals surface area contributed by atoms with Gasteiger partial charge >= 0.3 is 12.2 Å². The summed E-state index contributed by atoms with van der Waals surface area (Å²) in [6.07, 6.45) is -0.0599. The summed E-state index contributed by atoms with van der Waals surface area (Å²) in [5.41, 5.74) is 0.851. The summed E-state index contributed by atoms with van der Waals surface area (Å²) in [6.45, 7) is 8.03. The van der Waals surface area contributed by atoms with Crippen molar-refractivity contribution in [2.45, 2.75) is 38.9 Å². The van der Waals surface area contributed by atoms with Gasteiger partial charge in [-0.2, -0.15) is 13.2 Å². The molecule has 0 aliphatic carbocycles. The van der Waals surface area contributed by atoms with Crippen molar-refractivity contribution in [1.82, 2.24) is 9.80 Å². The highest BCUT2D eigenvalue weighted by Crippen LogP contribution is 2.36. The summed E-state index contributed by atoms with van der Waals surface area (Å²) in [6, 6.07) is 1.74. The van der Waals surface area contributed by atoms with Gasteiger partial charge in [-0.05, 0) is 50.5 Å². The lowest BCUT2D eigenvalue weighted by Gasteiger charge is -2.28. The Morgan fingerprint density at radius 3 is 2.58 bits per heavy atom. The van der Waals surface area contributed by atoms with Crippen molar-refractivity contribution < 1.29 is 22.8 Å². The molecular weight excluding hydrogens is 478 g/mol. The molecule has 1 atom stereocenters. The summed E-state index contributed by atoms with van der Waals surface area (Å²) < 4.78 is 38.6. The Kier molecular flexibility index (Phi) is 9.03. The molecule has 180 valence electrons. The van der Waals surface area contributed by atoms with Crippen molar-refractivity contribution in [3.05, 3.63) is 63.7 Å². The van der Waals surface area contributed by atoms with Crippen LogP contribution in [-0.4, -0.2) is 47.9 Å². The number of likely N-dealkylation sites (N-methyl/N-ethyl adjacent to an activating group) is 1. The largest absolute Gasteiger partial charge is 0.417 e. The molecule has 1 aliphatic rings. The zero-order valence-corrected chi connectivity index (χ0v) is 20.1. The van der Waals surface area contributed by atoms with Gasteiger partial charge in [0.15, 0.2) is 0 Å². The summed E-state index contributed by atoms with van der Waals surface area (Å²) >= 11 is 11.8. The molecule has 0 aromatic heterocycles. The zero-order valence-electron chi connectivity index (χ0n) is 18.6. The van der Waals surface area contributed by atoms with Gasteiger partial charge in [-0.25, -0.2) is 4.79 Å². The van der Waals surface area contributed by atoms with Crippen LogP contribution in [0.15, 0.2) is 53.1 Å². The van der Waals surface area contributed by atoms with Gasteiger partial charge in [0.2, 0.25) is 5.91 Å². The van der Waals surface area contributed by atoms with Crippen LogP contribution < -0.4 is 5.32 Å². The number of anilines is 1. The highest BCUT2D eigenvalue weighted by Gasteiger charge is 2.36. The molecule has 1 saturated heterocycles. The Bertz CT molecular complexity index is 990. The Morgan fingerprint density at radius 2 is 2.00 bits per heavy atom. The number of halogens is 5. The minimum Gasteiger partial charge on any atom is -0.340 e. The smallest absolute Gasteiger partial charge is 0.340 e. The predicted octanol–water partition coefficient (Wildman–Crippen LogP) is 6.46. The van der Waals surface area contributed by atoms with E-state index in [1.165, 1.54) is 15.9 Å². The van der Waals surface area contributed by atoms with Crippen LogP contribution in [0.5, 0.6) is 0 Å². The number of hydrogen-bond donors (Lipinski definition) is 1. The van der Waals surface area contributed by atoms with E-state index in [1.54, 1.807) is 7.05 Å². The van der Waals surface area contributed by atoms with E-state index in [0.29, 0.717) is 31.0 Å². The van der Waals surface area contributed by atoms with Gasteiger partial charge in [-0.3, -0.25) is 4.79 Å². The second-order valence-corrected chi connectivity index (χ2v) is 8.71. The SMILES string of the molecule is C=C/C(Cl)=C(C)\C=C(/C)CN(C)C(=O)[C@H]1CCCN1C(=O)Nc1ccc(C(F)(F)F)c(Cl)c1. The van der Waals surface area contributed by atoms with Gasteiger partial charge in [0.05, 0.1) is 10.6 Å². The van der Waals surface area contributed by atoms with E-state index in [4.69, 9.17) is 23.2 Å². The van der Waals surface area contributed by atoms with Crippen LogP contribution in [0.3, 0.4) is 0 Å². The van der Waals surface area contributed by atoms with Crippen LogP contribution in [0.4, 0.5) is 23.7 Å². The number of benzene rings is 1. The number of nitrogens with one attached hydrogen (secondary N) is 1. The number of nitrogens with zero attached hydrogens (tertiary/aromatic N) is 2. The van der Waals surface area contributed by atoms with E-state index in [0.717, 1.165) is 29.3 Å². The fourth-order valence-corrected chi connectivity index (χ4v) is 3.98. The molecule has 1 fully saturated rings. The first-order valence-electron chi connectivity index (χ1n) is 10.2. The molecule has 1 N–H and O–H groups in total. The lowest BCUT2D eigenvalue weighted by molar-refractivity contribution is -0.137. The molecule has 0 unspecified atom stereocenters. The third-order valence-electron chi connectivity index (χ3n) is 5.21. The van der Waals surface area contributed by atoms with Crippen LogP contribution >= 0.6 is 23.2 Å². The number of rotatable bonds is 6. The quantitative estimate of drug-likeness (QED) is 0.453. The molecule has 0 bridgehead atoms. The maximum absolute atomic E-state index is 13.0. The molecule has 0 spiro atoms. The van der Waals surface area contributed by atoms with Gasteiger partial charge in [0, 0.05) is 30.9 Å². The molecule has 2 rings (SSSR count). The van der Waals surface area contributed by atoms with Crippen LogP contribution in [0.2, 0.25) is 5.02 Å². The molecular formula is C23H26Cl2F3N3O2. The third kappa shape index (κ3) is 7.01. The van der Waals surface area contributed by atoms with Gasteiger partial charge in [-0.15, -0.1) is 0 Å². The van der Waals surface area contributed by atoms with E-state index in [1.807, 2.05) is 19.9 Å². The molecule has 1 aliphatic heterocycles. The van der Waals surface area contributed by atoms with E-state index < -0.39 is 28.8 Å². The van der Waals surface area contributed by atoms with Crippen molar-refractivity contribution in [2.24, 2.45) is 0 Å². The Labute approximate surface area is 201 Å². The number of carbonyl (C=O) groups excluding carboxylic acids is 2. The maximum atomic E-state index is 13.0. The lowest BCUT2D eigenvalue weighted by atomic mass is 10.1. The number of alkyl halides is 3. The summed E-state index contributed by atoms with van der Waals surface area (Å²) in [5, 5.41) is 2.54. The second kappa shape index (κ2) is 11.1. The van der Waals surface area contributed by atoms with E-state index in [9.17, 15) is 22.8 Å². The van der Waals surface area contributed by atoms with Gasteiger partial charge in [0.25, 0.3) is 0 Å². The molecule has 1 aromatic rings. The van der Waals surface area contributed by atoms with E-state index in [-0.39, 0.29) is 11.6 Å². The Morgan fingerprint density at radius 1 is 1.33 bits per heavy atom. The summed E-state index contributed by atoms with van der Waals surface area (Å²) in [4.78, 5) is 28.7. The molecule has 10 heteroatoms. The fraction of sp³-hybridized carbons (Fsp3) is 0.391. The molecule has 33 heavy (non-hydrogen) atoms. The van der Waals surface area contributed by atoms with E-state index >= 15 is 0 Å². The molecule has 3 amide bonds. The topological polar surface area (TPSA) is 52.7 Å². The first kappa shape index (κ1) is 26.8. The van der Waals surface area contributed by atoms with Gasteiger partial charge < -0.3 is 15.1 Å². The number of urea groups is 1.